The van der Waals surface area contributed by atoms with E-state index in [1.54, 1.807) is 19.1 Å². The van der Waals surface area contributed by atoms with Gasteiger partial charge in [-0.15, -0.1) is 21.8 Å². The lowest BCUT2D eigenvalue weighted by Gasteiger charge is -1.99. The first-order valence-corrected chi connectivity index (χ1v) is 6.29. The number of hydrogen-bond acceptors (Lipinski definition) is 5. The highest BCUT2D eigenvalue weighted by Crippen LogP contribution is 2.25. The van der Waals surface area contributed by atoms with E-state index in [1.807, 2.05) is 0 Å². The van der Waals surface area contributed by atoms with Gasteiger partial charge in [-0.25, -0.2) is 0 Å². The molecule has 0 bridgehead atoms. The standard InChI is InChI=1S/C12H12ClN3O3/c1-8-7-9(4-5-10(8)16(17)18)12-15-14-11(19-12)3-2-6-13/h4-5,7H,2-3,6H2,1H3. The molecule has 0 saturated heterocycles. The fraction of sp³-hybridized carbons (Fsp3) is 0.333. The topological polar surface area (TPSA) is 82.1 Å². The van der Waals surface area contributed by atoms with E-state index in [4.69, 9.17) is 16.0 Å². The Morgan fingerprint density at radius 2 is 2.21 bits per heavy atom. The summed E-state index contributed by atoms with van der Waals surface area (Å²) in [5.74, 6) is 1.42. The van der Waals surface area contributed by atoms with Crippen molar-refractivity contribution in [2.24, 2.45) is 0 Å². The Balaban J connectivity index is 2.24. The van der Waals surface area contributed by atoms with Gasteiger partial charge in [0.15, 0.2) is 0 Å². The number of nitro groups is 1. The summed E-state index contributed by atoms with van der Waals surface area (Å²) in [5, 5.41) is 18.6. The molecule has 0 atom stereocenters. The zero-order valence-corrected chi connectivity index (χ0v) is 11.1. The SMILES string of the molecule is Cc1cc(-c2nnc(CCCCl)o2)ccc1[N+](=O)[O-]. The monoisotopic (exact) mass is 281 g/mol. The van der Waals surface area contributed by atoms with Crippen molar-refractivity contribution in [1.29, 1.82) is 0 Å². The molecule has 6 nitrogen and oxygen atoms in total. The van der Waals surface area contributed by atoms with Gasteiger partial charge in [-0.05, 0) is 25.5 Å². The average Bonchev–Trinajstić information content (AvgIpc) is 2.84. The summed E-state index contributed by atoms with van der Waals surface area (Å²) >= 11 is 5.59. The molecule has 0 saturated carbocycles. The molecule has 2 rings (SSSR count). The second-order valence-corrected chi connectivity index (χ2v) is 4.43. The van der Waals surface area contributed by atoms with E-state index in [9.17, 15) is 10.1 Å². The number of benzene rings is 1. The van der Waals surface area contributed by atoms with E-state index >= 15 is 0 Å². The Morgan fingerprint density at radius 1 is 1.42 bits per heavy atom. The van der Waals surface area contributed by atoms with E-state index in [1.165, 1.54) is 6.07 Å². The van der Waals surface area contributed by atoms with Crippen molar-refractivity contribution >= 4 is 17.3 Å². The van der Waals surface area contributed by atoms with Crippen molar-refractivity contribution in [3.05, 3.63) is 39.8 Å². The number of halogens is 1. The van der Waals surface area contributed by atoms with Crippen molar-refractivity contribution in [1.82, 2.24) is 10.2 Å². The van der Waals surface area contributed by atoms with Gasteiger partial charge in [-0.3, -0.25) is 10.1 Å². The lowest BCUT2D eigenvalue weighted by atomic mass is 10.1. The minimum Gasteiger partial charge on any atom is -0.421 e. The third-order valence-electron chi connectivity index (χ3n) is 2.63. The highest BCUT2D eigenvalue weighted by Gasteiger charge is 2.14. The third-order valence-corrected chi connectivity index (χ3v) is 2.90. The van der Waals surface area contributed by atoms with Gasteiger partial charge in [0, 0.05) is 29.5 Å². The van der Waals surface area contributed by atoms with Crippen LogP contribution >= 0.6 is 11.6 Å². The van der Waals surface area contributed by atoms with Gasteiger partial charge in [-0.1, -0.05) is 0 Å². The van der Waals surface area contributed by atoms with E-state index in [-0.39, 0.29) is 5.69 Å². The van der Waals surface area contributed by atoms with Crippen LogP contribution in [0.1, 0.15) is 17.9 Å². The highest BCUT2D eigenvalue weighted by molar-refractivity contribution is 6.17. The molecular weight excluding hydrogens is 270 g/mol. The molecule has 1 aromatic carbocycles. The summed E-state index contributed by atoms with van der Waals surface area (Å²) in [6.45, 7) is 1.67. The molecule has 0 amide bonds. The summed E-state index contributed by atoms with van der Waals surface area (Å²) in [4.78, 5) is 10.3. The lowest BCUT2D eigenvalue weighted by molar-refractivity contribution is -0.385. The molecule has 0 unspecified atom stereocenters. The molecule has 0 N–H and O–H groups in total. The summed E-state index contributed by atoms with van der Waals surface area (Å²) in [6.07, 6.45) is 1.39. The van der Waals surface area contributed by atoms with Gasteiger partial charge in [0.25, 0.3) is 5.69 Å². The number of alkyl halides is 1. The summed E-state index contributed by atoms with van der Waals surface area (Å²) in [6, 6.07) is 4.70. The van der Waals surface area contributed by atoms with Gasteiger partial charge in [-0.2, -0.15) is 0 Å². The molecule has 0 aliphatic heterocycles. The van der Waals surface area contributed by atoms with Crippen molar-refractivity contribution in [3.8, 4) is 11.5 Å². The van der Waals surface area contributed by atoms with Crippen LogP contribution in [0, 0.1) is 17.0 Å². The van der Waals surface area contributed by atoms with Crippen LogP contribution in [-0.4, -0.2) is 21.0 Å². The first-order valence-electron chi connectivity index (χ1n) is 5.75. The predicted octanol–water partition coefficient (Wildman–Crippen LogP) is 3.12. The molecule has 19 heavy (non-hydrogen) atoms. The molecule has 1 aromatic heterocycles. The van der Waals surface area contributed by atoms with Crippen LogP contribution in [0.5, 0.6) is 0 Å². The second kappa shape index (κ2) is 5.79. The zero-order valence-electron chi connectivity index (χ0n) is 10.3. The summed E-state index contributed by atoms with van der Waals surface area (Å²) in [7, 11) is 0. The summed E-state index contributed by atoms with van der Waals surface area (Å²) in [5.41, 5.74) is 1.31. The van der Waals surface area contributed by atoms with Crippen LogP contribution in [-0.2, 0) is 6.42 Å². The Bertz CT molecular complexity index is 598. The maximum atomic E-state index is 10.7. The fourth-order valence-electron chi connectivity index (χ4n) is 1.68. The molecule has 0 aliphatic carbocycles. The molecule has 2 aromatic rings. The Morgan fingerprint density at radius 3 is 2.84 bits per heavy atom. The number of aryl methyl sites for hydroxylation is 2. The fourth-order valence-corrected chi connectivity index (χ4v) is 1.82. The average molecular weight is 282 g/mol. The van der Waals surface area contributed by atoms with E-state index in [0.717, 1.165) is 6.42 Å². The van der Waals surface area contributed by atoms with E-state index in [0.29, 0.717) is 35.2 Å². The minimum absolute atomic E-state index is 0.0747. The predicted molar refractivity (Wildman–Crippen MR) is 70.2 cm³/mol. The molecular formula is C12H12ClN3O3. The van der Waals surface area contributed by atoms with Gasteiger partial charge in [0.05, 0.1) is 4.92 Å². The Labute approximate surface area is 114 Å². The van der Waals surface area contributed by atoms with Crippen molar-refractivity contribution < 1.29 is 9.34 Å². The Kier molecular flexibility index (Phi) is 4.11. The number of rotatable bonds is 5. The van der Waals surface area contributed by atoms with Crippen LogP contribution in [0.25, 0.3) is 11.5 Å². The van der Waals surface area contributed by atoms with Crippen LogP contribution in [0.2, 0.25) is 0 Å². The first kappa shape index (κ1) is 13.5. The first-order chi connectivity index (χ1) is 9.11. The molecule has 0 fully saturated rings. The van der Waals surface area contributed by atoms with Crippen molar-refractivity contribution in [3.63, 3.8) is 0 Å². The van der Waals surface area contributed by atoms with Crippen LogP contribution < -0.4 is 0 Å². The lowest BCUT2D eigenvalue weighted by Crippen LogP contribution is -1.91. The molecule has 0 aliphatic rings. The van der Waals surface area contributed by atoms with Crippen molar-refractivity contribution in [2.45, 2.75) is 19.8 Å². The number of aromatic nitrogens is 2. The van der Waals surface area contributed by atoms with Crippen LogP contribution in [0.15, 0.2) is 22.6 Å². The van der Waals surface area contributed by atoms with Gasteiger partial charge in [0.1, 0.15) is 0 Å². The van der Waals surface area contributed by atoms with Gasteiger partial charge < -0.3 is 4.42 Å². The quantitative estimate of drug-likeness (QED) is 0.478. The maximum absolute atomic E-state index is 10.7. The molecule has 100 valence electrons. The second-order valence-electron chi connectivity index (χ2n) is 4.05. The highest BCUT2D eigenvalue weighted by atomic mass is 35.5. The normalized spacial score (nSPS) is 10.6. The summed E-state index contributed by atoms with van der Waals surface area (Å²) < 4.78 is 5.48. The third kappa shape index (κ3) is 3.08. The molecule has 1 heterocycles. The van der Waals surface area contributed by atoms with Crippen LogP contribution in [0.4, 0.5) is 5.69 Å². The molecule has 0 radical (unpaired) electrons. The van der Waals surface area contributed by atoms with Gasteiger partial charge in [0.2, 0.25) is 11.8 Å². The van der Waals surface area contributed by atoms with Crippen molar-refractivity contribution in [2.75, 3.05) is 5.88 Å². The largest absolute Gasteiger partial charge is 0.421 e. The molecule has 7 heteroatoms. The number of hydrogen-bond donors (Lipinski definition) is 0. The van der Waals surface area contributed by atoms with Gasteiger partial charge >= 0.3 is 0 Å². The Hall–Kier alpha value is -1.95. The maximum Gasteiger partial charge on any atom is 0.272 e. The molecule has 0 spiro atoms. The smallest absolute Gasteiger partial charge is 0.272 e. The van der Waals surface area contributed by atoms with E-state index in [2.05, 4.69) is 10.2 Å². The zero-order chi connectivity index (χ0) is 13.8. The minimum atomic E-state index is -0.418. The number of nitrogens with zero attached hydrogens (tertiary/aromatic N) is 3. The number of nitro benzene ring substituents is 1. The van der Waals surface area contributed by atoms with E-state index < -0.39 is 4.92 Å². The van der Waals surface area contributed by atoms with Crippen LogP contribution in [0.3, 0.4) is 0 Å².